The third-order valence-corrected chi connectivity index (χ3v) is 3.23. The zero-order valence-corrected chi connectivity index (χ0v) is 11.4. The SMILES string of the molecule is CC(=O)NC1=C(O)C(=O)C(C)(c2cc(F)ccc2Cl)O1. The second-order valence-electron chi connectivity index (χ2n) is 4.45. The van der Waals surface area contributed by atoms with Crippen LogP contribution in [0.4, 0.5) is 4.39 Å². The van der Waals surface area contributed by atoms with E-state index in [4.69, 9.17) is 16.3 Å². The lowest BCUT2D eigenvalue weighted by molar-refractivity contribution is -0.132. The molecule has 0 saturated carbocycles. The second kappa shape index (κ2) is 4.79. The molecule has 0 aliphatic carbocycles. The predicted octanol–water partition coefficient (Wildman–Crippen LogP) is 2.16. The number of nitrogens with one attached hydrogen (secondary N) is 1. The quantitative estimate of drug-likeness (QED) is 0.877. The maximum atomic E-state index is 13.3. The third kappa shape index (κ3) is 2.22. The van der Waals surface area contributed by atoms with Gasteiger partial charge in [0.1, 0.15) is 5.82 Å². The lowest BCUT2D eigenvalue weighted by Gasteiger charge is -2.24. The van der Waals surface area contributed by atoms with Gasteiger partial charge in [-0.05, 0) is 25.1 Å². The molecule has 0 fully saturated rings. The zero-order valence-electron chi connectivity index (χ0n) is 10.7. The van der Waals surface area contributed by atoms with Crippen molar-refractivity contribution in [3.05, 3.63) is 46.2 Å². The van der Waals surface area contributed by atoms with Crippen molar-refractivity contribution in [2.75, 3.05) is 0 Å². The molecule has 0 saturated heterocycles. The number of carbonyl (C=O) groups is 2. The highest BCUT2D eigenvalue weighted by Gasteiger charge is 2.49. The van der Waals surface area contributed by atoms with Gasteiger partial charge in [-0.3, -0.25) is 14.9 Å². The van der Waals surface area contributed by atoms with Crippen LogP contribution in [-0.2, 0) is 19.9 Å². The summed E-state index contributed by atoms with van der Waals surface area (Å²) in [7, 11) is 0. The van der Waals surface area contributed by atoms with Gasteiger partial charge in [0.05, 0.1) is 0 Å². The van der Waals surface area contributed by atoms with Gasteiger partial charge in [-0.25, -0.2) is 4.39 Å². The summed E-state index contributed by atoms with van der Waals surface area (Å²) in [6, 6.07) is 3.46. The molecule has 1 unspecified atom stereocenters. The van der Waals surface area contributed by atoms with Gasteiger partial charge >= 0.3 is 0 Å². The molecule has 1 aromatic rings. The van der Waals surface area contributed by atoms with Crippen LogP contribution in [0.1, 0.15) is 19.4 Å². The molecule has 0 spiro atoms. The maximum absolute atomic E-state index is 13.3. The minimum absolute atomic E-state index is 0.0658. The summed E-state index contributed by atoms with van der Waals surface area (Å²) in [4.78, 5) is 23.1. The van der Waals surface area contributed by atoms with Gasteiger partial charge in [0, 0.05) is 17.5 Å². The molecule has 20 heavy (non-hydrogen) atoms. The van der Waals surface area contributed by atoms with E-state index >= 15 is 0 Å². The summed E-state index contributed by atoms with van der Waals surface area (Å²) in [6.07, 6.45) is 0. The van der Waals surface area contributed by atoms with E-state index in [1.165, 1.54) is 19.9 Å². The number of ketones is 1. The molecular formula is C13H11ClFNO4. The van der Waals surface area contributed by atoms with Gasteiger partial charge < -0.3 is 9.84 Å². The minimum Gasteiger partial charge on any atom is -0.501 e. The maximum Gasteiger partial charge on any atom is 0.250 e. The number of halogens is 2. The first-order valence-electron chi connectivity index (χ1n) is 5.66. The van der Waals surface area contributed by atoms with Gasteiger partial charge in [0.25, 0.3) is 5.78 Å². The molecular weight excluding hydrogens is 289 g/mol. The standard InChI is InChI=1S/C13H11ClFNO4/c1-6(17)16-12-10(18)11(19)13(2,20-12)8-5-7(15)3-4-9(8)14/h3-5,18H,1-2H3,(H,16,17). The smallest absolute Gasteiger partial charge is 0.250 e. The normalized spacial score (nSPS) is 21.9. The average Bonchev–Trinajstić information content (AvgIpc) is 2.57. The molecule has 0 bridgehead atoms. The summed E-state index contributed by atoms with van der Waals surface area (Å²) in [5.74, 6) is -3.04. The summed E-state index contributed by atoms with van der Waals surface area (Å²) in [5, 5.41) is 12.0. The van der Waals surface area contributed by atoms with Crippen molar-refractivity contribution in [3.8, 4) is 0 Å². The Morgan fingerprint density at radius 2 is 2.15 bits per heavy atom. The van der Waals surface area contributed by atoms with Crippen LogP contribution in [0.5, 0.6) is 0 Å². The van der Waals surface area contributed by atoms with Crippen molar-refractivity contribution < 1.29 is 23.8 Å². The van der Waals surface area contributed by atoms with E-state index in [0.29, 0.717) is 0 Å². The van der Waals surface area contributed by atoms with Crippen LogP contribution in [0.15, 0.2) is 29.8 Å². The molecule has 106 valence electrons. The highest BCUT2D eigenvalue weighted by atomic mass is 35.5. The van der Waals surface area contributed by atoms with E-state index in [9.17, 15) is 19.1 Å². The van der Waals surface area contributed by atoms with Crippen LogP contribution in [0.3, 0.4) is 0 Å². The number of amides is 1. The highest BCUT2D eigenvalue weighted by Crippen LogP contribution is 2.40. The first-order valence-corrected chi connectivity index (χ1v) is 6.03. The van der Waals surface area contributed by atoms with Crippen molar-refractivity contribution in [3.63, 3.8) is 0 Å². The zero-order chi connectivity index (χ0) is 15.1. The summed E-state index contributed by atoms with van der Waals surface area (Å²) in [5.41, 5.74) is -1.63. The molecule has 1 heterocycles. The number of rotatable bonds is 2. The molecule has 1 atom stereocenters. The van der Waals surface area contributed by atoms with E-state index in [-0.39, 0.29) is 16.5 Å². The van der Waals surface area contributed by atoms with Crippen molar-refractivity contribution in [2.24, 2.45) is 0 Å². The van der Waals surface area contributed by atoms with Crippen molar-refractivity contribution in [2.45, 2.75) is 19.4 Å². The van der Waals surface area contributed by atoms with E-state index < -0.39 is 28.9 Å². The minimum atomic E-state index is -1.69. The fourth-order valence-corrected chi connectivity index (χ4v) is 2.21. The highest BCUT2D eigenvalue weighted by molar-refractivity contribution is 6.32. The van der Waals surface area contributed by atoms with Crippen LogP contribution >= 0.6 is 11.6 Å². The second-order valence-corrected chi connectivity index (χ2v) is 4.85. The Morgan fingerprint density at radius 3 is 2.75 bits per heavy atom. The first-order chi connectivity index (χ1) is 9.25. The Morgan fingerprint density at radius 1 is 1.50 bits per heavy atom. The fourth-order valence-electron chi connectivity index (χ4n) is 1.91. The Labute approximate surface area is 119 Å². The first kappa shape index (κ1) is 14.3. The third-order valence-electron chi connectivity index (χ3n) is 2.90. The van der Waals surface area contributed by atoms with E-state index in [1.54, 1.807) is 0 Å². The molecule has 5 nitrogen and oxygen atoms in total. The Balaban J connectivity index is 2.46. The Hall–Kier alpha value is -2.08. The van der Waals surface area contributed by atoms with Gasteiger partial charge in [-0.15, -0.1) is 0 Å². The van der Waals surface area contributed by atoms with E-state index in [0.717, 1.165) is 12.1 Å². The predicted molar refractivity (Wildman–Crippen MR) is 68.3 cm³/mol. The van der Waals surface area contributed by atoms with Crippen LogP contribution in [0.25, 0.3) is 0 Å². The largest absolute Gasteiger partial charge is 0.501 e. The molecule has 1 aromatic carbocycles. The average molecular weight is 300 g/mol. The fraction of sp³-hybridized carbons (Fsp3) is 0.231. The topological polar surface area (TPSA) is 75.6 Å². The van der Waals surface area contributed by atoms with Crippen LogP contribution in [-0.4, -0.2) is 16.8 Å². The van der Waals surface area contributed by atoms with E-state index in [1.807, 2.05) is 0 Å². The Kier molecular flexibility index (Phi) is 3.43. The van der Waals surface area contributed by atoms with Gasteiger partial charge in [0.2, 0.25) is 23.2 Å². The molecule has 1 aliphatic heterocycles. The monoisotopic (exact) mass is 299 g/mol. The molecule has 2 N–H and O–H groups in total. The van der Waals surface area contributed by atoms with Gasteiger partial charge in [0.15, 0.2) is 0 Å². The van der Waals surface area contributed by atoms with Gasteiger partial charge in [-0.2, -0.15) is 0 Å². The number of aliphatic hydroxyl groups excluding tert-OH is 1. The number of benzene rings is 1. The number of Topliss-reactive ketones (excluding diaryl/α,β-unsaturated/α-hetero) is 1. The van der Waals surface area contributed by atoms with Gasteiger partial charge in [-0.1, -0.05) is 11.6 Å². The summed E-state index contributed by atoms with van der Waals surface area (Å²) >= 11 is 5.95. The van der Waals surface area contributed by atoms with Crippen LogP contribution < -0.4 is 5.32 Å². The molecule has 2 rings (SSSR count). The summed E-state index contributed by atoms with van der Waals surface area (Å²) in [6.45, 7) is 2.53. The van der Waals surface area contributed by atoms with E-state index in [2.05, 4.69) is 5.32 Å². The molecule has 7 heteroatoms. The van der Waals surface area contributed by atoms with Crippen molar-refractivity contribution in [1.29, 1.82) is 0 Å². The van der Waals surface area contributed by atoms with Crippen LogP contribution in [0, 0.1) is 5.82 Å². The number of hydrogen-bond donors (Lipinski definition) is 2. The molecule has 0 radical (unpaired) electrons. The van der Waals surface area contributed by atoms with Crippen molar-refractivity contribution in [1.82, 2.24) is 5.32 Å². The number of aliphatic hydroxyl groups is 1. The molecule has 0 aromatic heterocycles. The molecule has 1 amide bonds. The molecule has 1 aliphatic rings. The number of hydrogen-bond acceptors (Lipinski definition) is 4. The Bertz CT molecular complexity index is 643. The summed E-state index contributed by atoms with van der Waals surface area (Å²) < 4.78 is 18.6. The van der Waals surface area contributed by atoms with Crippen LogP contribution in [0.2, 0.25) is 5.02 Å². The number of carbonyl (C=O) groups excluding carboxylic acids is 2. The number of ether oxygens (including phenoxy) is 1. The lowest BCUT2D eigenvalue weighted by Crippen LogP contribution is -2.32. The lowest BCUT2D eigenvalue weighted by atomic mass is 9.91. The van der Waals surface area contributed by atoms with Crippen molar-refractivity contribution >= 4 is 23.3 Å².